The lowest BCUT2D eigenvalue weighted by Crippen LogP contribution is -2.36. The lowest BCUT2D eigenvalue weighted by molar-refractivity contribution is 0.392. The lowest BCUT2D eigenvalue weighted by atomic mass is 10.00. The molecule has 0 amide bonds. The highest BCUT2D eigenvalue weighted by Gasteiger charge is 2.17. The van der Waals surface area contributed by atoms with E-state index in [1.807, 2.05) is 0 Å². The second-order valence-electron chi connectivity index (χ2n) is 5.18. The van der Waals surface area contributed by atoms with Crippen LogP contribution >= 0.6 is 0 Å². The van der Waals surface area contributed by atoms with Crippen LogP contribution in [0.1, 0.15) is 49.3 Å². The van der Waals surface area contributed by atoms with Gasteiger partial charge in [0.15, 0.2) is 5.82 Å². The van der Waals surface area contributed by atoms with E-state index in [4.69, 9.17) is 4.98 Å². The summed E-state index contributed by atoms with van der Waals surface area (Å²) < 4.78 is 0. The van der Waals surface area contributed by atoms with Gasteiger partial charge in [0.2, 0.25) is 0 Å². The van der Waals surface area contributed by atoms with Crippen LogP contribution in [0.5, 0.6) is 0 Å². The number of aryl methyl sites for hydroxylation is 2. The number of rotatable bonds is 2. The summed E-state index contributed by atoms with van der Waals surface area (Å²) in [4.78, 5) is 4.69. The Labute approximate surface area is 102 Å². The zero-order chi connectivity index (χ0) is 11.5. The largest absolute Gasteiger partial charge is 0.314 e. The van der Waals surface area contributed by atoms with E-state index in [-0.39, 0.29) is 0 Å². The maximum absolute atomic E-state index is 4.69. The molecule has 1 unspecified atom stereocenters. The Balaban J connectivity index is 1.70. The van der Waals surface area contributed by atoms with Gasteiger partial charge >= 0.3 is 0 Å². The highest BCUT2D eigenvalue weighted by Crippen LogP contribution is 2.17. The molecule has 0 bridgehead atoms. The molecule has 1 saturated heterocycles. The zero-order valence-corrected chi connectivity index (χ0v) is 10.3. The summed E-state index contributed by atoms with van der Waals surface area (Å²) in [6, 6.07) is 0.562. The Morgan fingerprint density at radius 2 is 1.88 bits per heavy atom. The standard InChI is InChI=1S/C13H20N4/c1-2-7-12-11(6-1)15-13(17-16-12)9-10-5-3-4-8-14-10/h10,14H,1-9H2. The summed E-state index contributed by atoms with van der Waals surface area (Å²) in [5, 5.41) is 12.2. The Hall–Kier alpha value is -1.03. The summed E-state index contributed by atoms with van der Waals surface area (Å²) in [5.41, 5.74) is 2.34. The molecule has 0 saturated carbocycles. The molecule has 1 aromatic rings. The van der Waals surface area contributed by atoms with Gasteiger partial charge in [-0.25, -0.2) is 4.98 Å². The van der Waals surface area contributed by atoms with Crippen molar-refractivity contribution in [1.29, 1.82) is 0 Å². The summed E-state index contributed by atoms with van der Waals surface area (Å²) in [5.74, 6) is 0.935. The van der Waals surface area contributed by atoms with E-state index in [0.717, 1.165) is 37.3 Å². The maximum Gasteiger partial charge on any atom is 0.152 e. The highest BCUT2D eigenvalue weighted by molar-refractivity contribution is 5.13. The normalized spacial score (nSPS) is 24.4. The number of nitrogens with one attached hydrogen (secondary N) is 1. The molecular weight excluding hydrogens is 212 g/mol. The second-order valence-corrected chi connectivity index (χ2v) is 5.18. The first-order chi connectivity index (χ1) is 8.42. The van der Waals surface area contributed by atoms with Gasteiger partial charge < -0.3 is 5.32 Å². The topological polar surface area (TPSA) is 50.7 Å². The predicted octanol–water partition coefficient (Wildman–Crippen LogP) is 1.43. The molecule has 1 fully saturated rings. The monoisotopic (exact) mass is 232 g/mol. The molecule has 1 atom stereocenters. The van der Waals surface area contributed by atoms with Gasteiger partial charge in [-0.2, -0.15) is 5.10 Å². The summed E-state index contributed by atoms with van der Waals surface area (Å²) >= 11 is 0. The van der Waals surface area contributed by atoms with Gasteiger partial charge in [-0.1, -0.05) is 6.42 Å². The van der Waals surface area contributed by atoms with Gasteiger partial charge in [-0.3, -0.25) is 0 Å². The first kappa shape index (κ1) is 11.1. The van der Waals surface area contributed by atoms with Crippen molar-refractivity contribution in [3.8, 4) is 0 Å². The molecule has 1 aliphatic heterocycles. The fraction of sp³-hybridized carbons (Fsp3) is 0.769. The molecule has 4 nitrogen and oxygen atoms in total. The van der Waals surface area contributed by atoms with Gasteiger partial charge in [-0.05, 0) is 45.1 Å². The zero-order valence-electron chi connectivity index (χ0n) is 10.3. The number of piperidine rings is 1. The van der Waals surface area contributed by atoms with E-state index < -0.39 is 0 Å². The number of hydrogen-bond donors (Lipinski definition) is 1. The summed E-state index contributed by atoms with van der Waals surface area (Å²) in [6.45, 7) is 1.14. The summed E-state index contributed by atoms with van der Waals surface area (Å²) in [7, 11) is 0. The molecule has 0 spiro atoms. The number of hydrogen-bond acceptors (Lipinski definition) is 4. The van der Waals surface area contributed by atoms with Crippen molar-refractivity contribution in [2.45, 2.75) is 57.4 Å². The van der Waals surface area contributed by atoms with Crippen LogP contribution in [0.4, 0.5) is 0 Å². The van der Waals surface area contributed by atoms with Crippen molar-refractivity contribution in [2.24, 2.45) is 0 Å². The Bertz CT molecular complexity index is 385. The first-order valence-corrected chi connectivity index (χ1v) is 6.86. The van der Waals surface area contributed by atoms with Crippen LogP contribution < -0.4 is 5.32 Å². The van der Waals surface area contributed by atoms with Gasteiger partial charge in [0, 0.05) is 12.5 Å². The van der Waals surface area contributed by atoms with Crippen LogP contribution in [-0.2, 0) is 19.3 Å². The van der Waals surface area contributed by atoms with Crippen LogP contribution in [0.15, 0.2) is 0 Å². The molecule has 92 valence electrons. The first-order valence-electron chi connectivity index (χ1n) is 6.86. The Morgan fingerprint density at radius 3 is 2.71 bits per heavy atom. The summed E-state index contributed by atoms with van der Waals surface area (Å²) in [6.07, 6.45) is 9.49. The minimum Gasteiger partial charge on any atom is -0.314 e. The fourth-order valence-electron chi connectivity index (χ4n) is 2.80. The van der Waals surface area contributed by atoms with E-state index in [2.05, 4.69) is 15.5 Å². The minimum atomic E-state index is 0.562. The highest BCUT2D eigenvalue weighted by atomic mass is 15.2. The molecular formula is C13H20N4. The maximum atomic E-state index is 4.69. The van der Waals surface area contributed by atoms with Crippen molar-refractivity contribution < 1.29 is 0 Å². The van der Waals surface area contributed by atoms with E-state index in [0.29, 0.717) is 6.04 Å². The van der Waals surface area contributed by atoms with E-state index in [1.54, 1.807) is 0 Å². The molecule has 17 heavy (non-hydrogen) atoms. The number of nitrogens with zero attached hydrogens (tertiary/aromatic N) is 3. The van der Waals surface area contributed by atoms with Crippen molar-refractivity contribution in [3.05, 3.63) is 17.2 Å². The van der Waals surface area contributed by atoms with Crippen LogP contribution in [-0.4, -0.2) is 27.8 Å². The quantitative estimate of drug-likeness (QED) is 0.838. The van der Waals surface area contributed by atoms with E-state index in [1.165, 1.54) is 37.8 Å². The van der Waals surface area contributed by atoms with Gasteiger partial charge in [0.25, 0.3) is 0 Å². The third-order valence-corrected chi connectivity index (χ3v) is 3.80. The smallest absolute Gasteiger partial charge is 0.152 e. The average molecular weight is 232 g/mol. The lowest BCUT2D eigenvalue weighted by Gasteiger charge is -2.23. The van der Waals surface area contributed by atoms with Crippen molar-refractivity contribution >= 4 is 0 Å². The number of fused-ring (bicyclic) bond motifs is 1. The third-order valence-electron chi connectivity index (χ3n) is 3.80. The van der Waals surface area contributed by atoms with Gasteiger partial charge in [0.1, 0.15) is 0 Å². The number of aromatic nitrogens is 3. The van der Waals surface area contributed by atoms with Crippen molar-refractivity contribution in [2.75, 3.05) is 6.54 Å². The van der Waals surface area contributed by atoms with Gasteiger partial charge in [-0.15, -0.1) is 5.10 Å². The second kappa shape index (κ2) is 5.08. The molecule has 2 aliphatic rings. The van der Waals surface area contributed by atoms with Crippen LogP contribution in [0.25, 0.3) is 0 Å². The Kier molecular flexibility index (Phi) is 3.31. The molecule has 1 N–H and O–H groups in total. The Morgan fingerprint density at radius 1 is 1.00 bits per heavy atom. The molecule has 4 heteroatoms. The minimum absolute atomic E-state index is 0.562. The van der Waals surface area contributed by atoms with E-state index in [9.17, 15) is 0 Å². The molecule has 2 heterocycles. The molecule has 0 radical (unpaired) electrons. The van der Waals surface area contributed by atoms with Crippen molar-refractivity contribution in [3.63, 3.8) is 0 Å². The van der Waals surface area contributed by atoms with Crippen LogP contribution in [0.2, 0.25) is 0 Å². The molecule has 3 rings (SSSR count). The van der Waals surface area contributed by atoms with Gasteiger partial charge in [0.05, 0.1) is 11.4 Å². The fourth-order valence-corrected chi connectivity index (χ4v) is 2.80. The molecule has 1 aromatic heterocycles. The van der Waals surface area contributed by atoms with E-state index >= 15 is 0 Å². The molecule has 0 aromatic carbocycles. The SMILES string of the molecule is C1CCC(Cc2nnc3c(n2)CCCC3)NC1. The van der Waals surface area contributed by atoms with Crippen LogP contribution in [0.3, 0.4) is 0 Å². The van der Waals surface area contributed by atoms with Crippen LogP contribution in [0, 0.1) is 0 Å². The third kappa shape index (κ3) is 2.63. The predicted molar refractivity (Wildman–Crippen MR) is 65.8 cm³/mol. The average Bonchev–Trinajstić information content (AvgIpc) is 2.40. The van der Waals surface area contributed by atoms with Crippen molar-refractivity contribution in [1.82, 2.24) is 20.5 Å². The molecule has 1 aliphatic carbocycles.